The van der Waals surface area contributed by atoms with Crippen molar-refractivity contribution in [2.24, 2.45) is 0 Å². The van der Waals surface area contributed by atoms with Gasteiger partial charge in [-0.2, -0.15) is 13.2 Å². The van der Waals surface area contributed by atoms with Crippen LogP contribution in [0.4, 0.5) is 13.2 Å². The molecule has 0 aromatic carbocycles. The summed E-state index contributed by atoms with van der Waals surface area (Å²) < 4.78 is 37.2. The van der Waals surface area contributed by atoms with Crippen LogP contribution in [0.15, 0.2) is 18.5 Å². The fourth-order valence-electron chi connectivity index (χ4n) is 1.78. The largest absolute Gasteiger partial charge is 0.417 e. The molecule has 0 amide bonds. The molecule has 1 aliphatic rings. The smallest absolute Gasteiger partial charge is 0.316 e. The van der Waals surface area contributed by atoms with E-state index in [0.29, 0.717) is 5.56 Å². The minimum atomic E-state index is -4.30. The van der Waals surface area contributed by atoms with Crippen LogP contribution in [0.5, 0.6) is 0 Å². The summed E-state index contributed by atoms with van der Waals surface area (Å²) in [5, 5.41) is 3.12. The van der Waals surface area contributed by atoms with Gasteiger partial charge >= 0.3 is 6.18 Å². The molecule has 0 radical (unpaired) electrons. The second-order valence-electron chi connectivity index (χ2n) is 3.69. The summed E-state index contributed by atoms with van der Waals surface area (Å²) in [5.74, 6) is 0.166. The van der Waals surface area contributed by atoms with Crippen molar-refractivity contribution in [1.82, 2.24) is 10.3 Å². The molecule has 1 fully saturated rings. The van der Waals surface area contributed by atoms with Gasteiger partial charge in [0.25, 0.3) is 0 Å². The third kappa shape index (κ3) is 2.28. The Labute approximate surface area is 85.5 Å². The Balaban J connectivity index is 2.26. The Morgan fingerprint density at radius 3 is 2.73 bits per heavy atom. The number of rotatable bonds is 1. The first-order chi connectivity index (χ1) is 7.07. The number of hydrogen-bond donors (Lipinski definition) is 1. The minimum Gasteiger partial charge on any atom is -0.316 e. The normalized spacial score (nSPS) is 21.9. The molecule has 5 heteroatoms. The number of alkyl halides is 3. The molecule has 2 nitrogen and oxygen atoms in total. The fourth-order valence-corrected chi connectivity index (χ4v) is 1.78. The zero-order valence-corrected chi connectivity index (χ0v) is 8.01. The summed E-state index contributed by atoms with van der Waals surface area (Å²) in [4.78, 5) is 3.65. The van der Waals surface area contributed by atoms with Crippen molar-refractivity contribution in [3.05, 3.63) is 29.6 Å². The van der Waals surface area contributed by atoms with E-state index in [4.69, 9.17) is 0 Å². The van der Waals surface area contributed by atoms with Crippen molar-refractivity contribution < 1.29 is 13.2 Å². The van der Waals surface area contributed by atoms with Crippen molar-refractivity contribution in [3.63, 3.8) is 0 Å². The van der Waals surface area contributed by atoms with Crippen LogP contribution in [-0.4, -0.2) is 18.1 Å². The van der Waals surface area contributed by atoms with E-state index >= 15 is 0 Å². The molecule has 0 bridgehead atoms. The molecule has 2 rings (SSSR count). The third-order valence-electron chi connectivity index (χ3n) is 2.62. The van der Waals surface area contributed by atoms with Gasteiger partial charge in [0, 0.05) is 18.9 Å². The first-order valence-electron chi connectivity index (χ1n) is 4.80. The van der Waals surface area contributed by atoms with Crippen LogP contribution in [0.2, 0.25) is 0 Å². The van der Waals surface area contributed by atoms with Crippen molar-refractivity contribution in [2.45, 2.75) is 18.5 Å². The predicted molar refractivity (Wildman–Crippen MR) is 49.5 cm³/mol. The van der Waals surface area contributed by atoms with Crippen LogP contribution in [0.1, 0.15) is 23.5 Å². The summed E-state index contributed by atoms with van der Waals surface area (Å²) in [6, 6.07) is 1.20. The lowest BCUT2D eigenvalue weighted by atomic mass is 9.99. The Morgan fingerprint density at radius 1 is 1.33 bits per heavy atom. The summed E-state index contributed by atoms with van der Waals surface area (Å²) in [5.41, 5.74) is 0.0155. The Hall–Kier alpha value is -1.10. The van der Waals surface area contributed by atoms with E-state index in [1.165, 1.54) is 12.3 Å². The van der Waals surface area contributed by atoms with Crippen LogP contribution in [0.3, 0.4) is 0 Å². The highest BCUT2D eigenvalue weighted by atomic mass is 19.4. The second kappa shape index (κ2) is 3.81. The van der Waals surface area contributed by atoms with Gasteiger partial charge in [-0.05, 0) is 30.5 Å². The highest BCUT2D eigenvalue weighted by molar-refractivity contribution is 5.24. The zero-order chi connectivity index (χ0) is 10.9. The van der Waals surface area contributed by atoms with Crippen molar-refractivity contribution in [2.75, 3.05) is 13.1 Å². The van der Waals surface area contributed by atoms with E-state index in [0.717, 1.165) is 25.7 Å². The highest BCUT2D eigenvalue weighted by Crippen LogP contribution is 2.31. The van der Waals surface area contributed by atoms with Gasteiger partial charge in [-0.25, -0.2) is 0 Å². The molecule has 1 aliphatic heterocycles. The molecule has 1 aromatic heterocycles. The van der Waals surface area contributed by atoms with Gasteiger partial charge in [-0.15, -0.1) is 0 Å². The van der Waals surface area contributed by atoms with Gasteiger partial charge in [-0.3, -0.25) is 4.98 Å². The summed E-state index contributed by atoms with van der Waals surface area (Å²) in [6.45, 7) is 1.60. The topological polar surface area (TPSA) is 24.9 Å². The fraction of sp³-hybridized carbons (Fsp3) is 0.500. The Bertz CT molecular complexity index is 343. The maximum Gasteiger partial charge on any atom is 0.417 e. The van der Waals surface area contributed by atoms with Gasteiger partial charge in [0.15, 0.2) is 0 Å². The van der Waals surface area contributed by atoms with Gasteiger partial charge in [0.05, 0.1) is 5.56 Å². The number of halogens is 3. The number of nitrogens with one attached hydrogen (secondary N) is 1. The SMILES string of the molecule is FC(F)(F)c1cncc(C2CCNC2)c1. The van der Waals surface area contributed by atoms with Crippen LogP contribution in [-0.2, 0) is 6.18 Å². The molecule has 1 atom stereocenters. The molecule has 1 unspecified atom stereocenters. The summed E-state index contributed by atoms with van der Waals surface area (Å²) >= 11 is 0. The summed E-state index contributed by atoms with van der Waals surface area (Å²) in [7, 11) is 0. The van der Waals surface area contributed by atoms with Gasteiger partial charge in [-0.1, -0.05) is 0 Å². The lowest BCUT2D eigenvalue weighted by Crippen LogP contribution is -2.10. The molecule has 1 N–H and O–H groups in total. The molecule has 82 valence electrons. The highest BCUT2D eigenvalue weighted by Gasteiger charge is 2.31. The monoisotopic (exact) mass is 216 g/mol. The average molecular weight is 216 g/mol. The van der Waals surface area contributed by atoms with Crippen molar-refractivity contribution >= 4 is 0 Å². The predicted octanol–water partition coefficient (Wildman–Crippen LogP) is 2.18. The number of aromatic nitrogens is 1. The Kier molecular flexibility index (Phi) is 2.65. The molecule has 2 heterocycles. The number of pyridine rings is 1. The van der Waals surface area contributed by atoms with Crippen LogP contribution in [0, 0.1) is 0 Å². The van der Waals surface area contributed by atoms with Gasteiger partial charge in [0.2, 0.25) is 0 Å². The van der Waals surface area contributed by atoms with Crippen molar-refractivity contribution in [3.8, 4) is 0 Å². The standard InChI is InChI=1S/C10H11F3N2/c11-10(12,13)9-3-8(5-15-6-9)7-1-2-14-4-7/h3,5-7,14H,1-2,4H2. The molecular formula is C10H11F3N2. The Morgan fingerprint density at radius 2 is 2.13 bits per heavy atom. The van der Waals surface area contributed by atoms with E-state index in [-0.39, 0.29) is 5.92 Å². The van der Waals surface area contributed by atoms with Crippen molar-refractivity contribution in [1.29, 1.82) is 0 Å². The first-order valence-corrected chi connectivity index (χ1v) is 4.80. The van der Waals surface area contributed by atoms with Crippen LogP contribution in [0.25, 0.3) is 0 Å². The molecule has 0 saturated carbocycles. The van der Waals surface area contributed by atoms with Gasteiger partial charge in [0.1, 0.15) is 0 Å². The molecule has 15 heavy (non-hydrogen) atoms. The molecule has 1 aromatic rings. The maximum atomic E-state index is 12.4. The molecule has 1 saturated heterocycles. The lowest BCUT2D eigenvalue weighted by molar-refractivity contribution is -0.137. The van der Waals surface area contributed by atoms with E-state index in [1.54, 1.807) is 0 Å². The summed E-state index contributed by atoms with van der Waals surface area (Å²) in [6.07, 6.45) is -1.03. The third-order valence-corrected chi connectivity index (χ3v) is 2.62. The maximum absolute atomic E-state index is 12.4. The van der Waals surface area contributed by atoms with Crippen LogP contribution < -0.4 is 5.32 Å². The second-order valence-corrected chi connectivity index (χ2v) is 3.69. The van der Waals surface area contributed by atoms with E-state index in [1.807, 2.05) is 0 Å². The minimum absolute atomic E-state index is 0.166. The van der Waals surface area contributed by atoms with E-state index < -0.39 is 11.7 Å². The lowest BCUT2D eigenvalue weighted by Gasteiger charge is -2.11. The quantitative estimate of drug-likeness (QED) is 0.778. The molecular weight excluding hydrogens is 205 g/mol. The number of hydrogen-bond acceptors (Lipinski definition) is 2. The van der Waals surface area contributed by atoms with E-state index in [2.05, 4.69) is 10.3 Å². The van der Waals surface area contributed by atoms with Crippen LogP contribution >= 0.6 is 0 Å². The van der Waals surface area contributed by atoms with E-state index in [9.17, 15) is 13.2 Å². The molecule has 0 spiro atoms. The zero-order valence-electron chi connectivity index (χ0n) is 8.01. The average Bonchev–Trinajstić information content (AvgIpc) is 2.69. The first kappa shape index (κ1) is 10.4. The molecule has 0 aliphatic carbocycles. The van der Waals surface area contributed by atoms with Gasteiger partial charge < -0.3 is 5.32 Å². The number of nitrogens with zero attached hydrogens (tertiary/aromatic N) is 1.